The predicted molar refractivity (Wildman–Crippen MR) is 133 cm³/mol. The Balaban J connectivity index is 1.88. The summed E-state index contributed by atoms with van der Waals surface area (Å²) < 4.78 is 36.6. The number of rotatable bonds is 9. The lowest BCUT2D eigenvalue weighted by Gasteiger charge is -2.27. The third kappa shape index (κ3) is 5.48. The average Bonchev–Trinajstić information content (AvgIpc) is 2.83. The van der Waals surface area contributed by atoms with E-state index < -0.39 is 17.2 Å². The van der Waals surface area contributed by atoms with Crippen LogP contribution in [-0.4, -0.2) is 38.9 Å². The summed E-state index contributed by atoms with van der Waals surface area (Å²) in [6.07, 6.45) is -0.0364. The molecule has 3 N–H and O–H groups in total. The predicted octanol–water partition coefficient (Wildman–Crippen LogP) is 3.35. The molecule has 0 aliphatic carbocycles. The lowest BCUT2D eigenvalue weighted by atomic mass is 10.1. The van der Waals surface area contributed by atoms with Crippen LogP contribution in [0.15, 0.2) is 66.7 Å². The monoisotopic (exact) mass is 492 g/mol. The quantitative estimate of drug-likeness (QED) is 0.339. The van der Waals surface area contributed by atoms with Gasteiger partial charge in [-0.15, -0.1) is 0 Å². The molecule has 1 unspecified atom stereocenters. The van der Waals surface area contributed by atoms with E-state index in [0.29, 0.717) is 33.8 Å². The summed E-state index contributed by atoms with van der Waals surface area (Å²) in [4.78, 5) is 20.6. The number of fused-ring (bicyclic) bond motifs is 1. The number of aromatic nitrogens is 2. The molecule has 0 aliphatic heterocycles. The van der Waals surface area contributed by atoms with Crippen molar-refractivity contribution in [2.75, 3.05) is 23.8 Å². The number of ether oxygens (including phenoxy) is 2. The van der Waals surface area contributed by atoms with Gasteiger partial charge in [-0.25, -0.2) is 9.97 Å². The molecule has 0 fully saturated rings. The average molecular weight is 493 g/mol. The van der Waals surface area contributed by atoms with E-state index in [2.05, 4.69) is 15.3 Å². The van der Waals surface area contributed by atoms with Gasteiger partial charge in [-0.05, 0) is 29.8 Å². The second-order valence-corrected chi connectivity index (χ2v) is 8.23. The summed E-state index contributed by atoms with van der Waals surface area (Å²) in [5.41, 5.74) is 7.76. The molecule has 1 heterocycles. The highest BCUT2D eigenvalue weighted by molar-refractivity contribution is 7.81. The maximum absolute atomic E-state index is 12.5. The van der Waals surface area contributed by atoms with Crippen LogP contribution in [0.2, 0.25) is 0 Å². The maximum atomic E-state index is 12.5. The van der Waals surface area contributed by atoms with Crippen molar-refractivity contribution in [3.05, 3.63) is 72.3 Å². The van der Waals surface area contributed by atoms with E-state index in [0.717, 1.165) is 4.31 Å². The Hall–Kier alpha value is -4.22. The molecule has 1 aromatic heterocycles. The van der Waals surface area contributed by atoms with Crippen molar-refractivity contribution >= 4 is 51.2 Å². The minimum absolute atomic E-state index is 0.0364. The van der Waals surface area contributed by atoms with Gasteiger partial charge in [-0.3, -0.25) is 13.3 Å². The SMILES string of the molecule is COc1cc(Nc2nc3ccccc3nc2N(c2cccc(CC(N)=O)c2)S(=O)[O-])cc(OC)c1. The van der Waals surface area contributed by atoms with Crippen LogP contribution < -0.4 is 24.8 Å². The van der Waals surface area contributed by atoms with Gasteiger partial charge in [0.25, 0.3) is 0 Å². The van der Waals surface area contributed by atoms with Crippen molar-refractivity contribution in [1.82, 2.24) is 9.97 Å². The molecular weight excluding hydrogens is 470 g/mol. The molecule has 180 valence electrons. The van der Waals surface area contributed by atoms with E-state index in [9.17, 15) is 13.6 Å². The van der Waals surface area contributed by atoms with Crippen molar-refractivity contribution < 1.29 is 23.0 Å². The van der Waals surface area contributed by atoms with E-state index in [1.807, 2.05) is 6.07 Å². The fourth-order valence-corrected chi connectivity index (χ4v) is 4.06. The first-order valence-corrected chi connectivity index (χ1v) is 11.4. The van der Waals surface area contributed by atoms with Crippen LogP contribution in [0.4, 0.5) is 23.0 Å². The van der Waals surface area contributed by atoms with E-state index >= 15 is 0 Å². The Kier molecular flexibility index (Phi) is 7.09. The normalized spacial score (nSPS) is 11.6. The van der Waals surface area contributed by atoms with Crippen LogP contribution in [-0.2, 0) is 22.5 Å². The number of amides is 1. The van der Waals surface area contributed by atoms with Crippen LogP contribution in [0.1, 0.15) is 5.56 Å². The number of primary amides is 1. The molecule has 0 saturated heterocycles. The molecule has 0 aliphatic rings. The summed E-state index contributed by atoms with van der Waals surface area (Å²) in [6, 6.07) is 18.7. The number of nitrogens with two attached hydrogens (primary N) is 1. The molecule has 4 aromatic rings. The van der Waals surface area contributed by atoms with Gasteiger partial charge in [0.2, 0.25) is 5.91 Å². The number of benzene rings is 3. The smallest absolute Gasteiger partial charge is 0.221 e. The summed E-state index contributed by atoms with van der Waals surface area (Å²) in [5.74, 6) is 0.756. The van der Waals surface area contributed by atoms with Gasteiger partial charge in [-0.2, -0.15) is 0 Å². The van der Waals surface area contributed by atoms with Crippen LogP contribution in [0.25, 0.3) is 11.0 Å². The Morgan fingerprint density at radius 3 is 2.26 bits per heavy atom. The molecule has 0 spiro atoms. The number of anilines is 4. The molecule has 0 bridgehead atoms. The first kappa shape index (κ1) is 23.9. The van der Waals surface area contributed by atoms with E-state index in [1.165, 1.54) is 14.2 Å². The lowest BCUT2D eigenvalue weighted by Crippen LogP contribution is -2.23. The van der Waals surface area contributed by atoms with Crippen molar-refractivity contribution in [3.8, 4) is 11.5 Å². The Bertz CT molecular complexity index is 1390. The largest absolute Gasteiger partial charge is 0.755 e. The molecule has 11 heteroatoms. The van der Waals surface area contributed by atoms with Crippen LogP contribution in [0.5, 0.6) is 11.5 Å². The highest BCUT2D eigenvalue weighted by atomic mass is 32.2. The number of hydrogen-bond acceptors (Lipinski definition) is 8. The number of carbonyl (C=O) groups is 1. The second-order valence-electron chi connectivity index (χ2n) is 7.44. The van der Waals surface area contributed by atoms with Gasteiger partial charge in [0.1, 0.15) is 11.5 Å². The van der Waals surface area contributed by atoms with Gasteiger partial charge in [0.05, 0.1) is 48.6 Å². The van der Waals surface area contributed by atoms with Gasteiger partial charge in [0, 0.05) is 23.9 Å². The van der Waals surface area contributed by atoms with Gasteiger partial charge in [0.15, 0.2) is 11.6 Å². The Labute approximate surface area is 204 Å². The zero-order valence-electron chi connectivity index (χ0n) is 18.9. The Morgan fingerprint density at radius 1 is 1.00 bits per heavy atom. The number of para-hydroxylation sites is 2. The number of nitrogens with one attached hydrogen (secondary N) is 1. The van der Waals surface area contributed by atoms with Crippen molar-refractivity contribution in [3.63, 3.8) is 0 Å². The summed E-state index contributed by atoms with van der Waals surface area (Å²) in [6.45, 7) is 0. The first-order chi connectivity index (χ1) is 16.9. The van der Waals surface area contributed by atoms with Crippen molar-refractivity contribution in [1.29, 1.82) is 0 Å². The molecule has 3 aromatic carbocycles. The first-order valence-electron chi connectivity index (χ1n) is 10.4. The minimum Gasteiger partial charge on any atom is -0.755 e. The lowest BCUT2D eigenvalue weighted by molar-refractivity contribution is -0.117. The fourth-order valence-electron chi connectivity index (χ4n) is 3.51. The zero-order chi connectivity index (χ0) is 24.9. The molecular formula is C24H22N5O5S-. The molecule has 4 rings (SSSR count). The molecule has 0 radical (unpaired) electrons. The van der Waals surface area contributed by atoms with E-state index in [-0.39, 0.29) is 23.7 Å². The standard InChI is InChI=1S/C24H23N5O5S/c1-33-18-12-16(13-19(14-18)34-2)26-23-24(28-21-9-4-3-8-20(21)27-23)29(35(31)32)17-7-5-6-15(10-17)11-22(25)30/h3-10,12-14H,11H2,1-2H3,(H2,25,30)(H,26,27)(H,31,32)/p-1. The van der Waals surface area contributed by atoms with Gasteiger partial charge >= 0.3 is 0 Å². The van der Waals surface area contributed by atoms with Gasteiger partial charge < -0.3 is 25.1 Å². The topological polar surface area (TPSA) is 143 Å². The molecule has 1 atom stereocenters. The van der Waals surface area contributed by atoms with Crippen molar-refractivity contribution in [2.24, 2.45) is 5.73 Å². The second kappa shape index (κ2) is 10.4. The summed E-state index contributed by atoms with van der Waals surface area (Å²) >= 11 is -2.77. The number of carbonyl (C=O) groups excluding carboxylic acids is 1. The summed E-state index contributed by atoms with van der Waals surface area (Å²) in [5, 5.41) is 3.14. The van der Waals surface area contributed by atoms with Crippen molar-refractivity contribution in [2.45, 2.75) is 6.42 Å². The third-order valence-electron chi connectivity index (χ3n) is 5.03. The fraction of sp³-hybridized carbons (Fsp3) is 0.125. The highest BCUT2D eigenvalue weighted by Gasteiger charge is 2.20. The van der Waals surface area contributed by atoms with Crippen LogP contribution in [0.3, 0.4) is 0 Å². The molecule has 10 nitrogen and oxygen atoms in total. The van der Waals surface area contributed by atoms with Crippen LogP contribution in [0, 0.1) is 0 Å². The van der Waals surface area contributed by atoms with E-state index in [1.54, 1.807) is 60.7 Å². The highest BCUT2D eigenvalue weighted by Crippen LogP contribution is 2.35. The third-order valence-corrected chi connectivity index (χ3v) is 5.71. The number of methoxy groups -OCH3 is 2. The minimum atomic E-state index is -2.77. The van der Waals surface area contributed by atoms with Gasteiger partial charge in [-0.1, -0.05) is 24.3 Å². The Morgan fingerprint density at radius 2 is 1.66 bits per heavy atom. The van der Waals surface area contributed by atoms with E-state index in [4.69, 9.17) is 15.2 Å². The number of nitrogens with zero attached hydrogens (tertiary/aromatic N) is 3. The molecule has 35 heavy (non-hydrogen) atoms. The number of hydrogen-bond donors (Lipinski definition) is 2. The zero-order valence-corrected chi connectivity index (χ0v) is 19.7. The van der Waals surface area contributed by atoms with Crippen LogP contribution >= 0.6 is 0 Å². The summed E-state index contributed by atoms with van der Waals surface area (Å²) in [7, 11) is 3.06. The molecule has 0 saturated carbocycles. The maximum Gasteiger partial charge on any atom is 0.221 e. The molecule has 1 amide bonds.